The monoisotopic (exact) mass is 177 g/mol. The number of ether oxygens (including phenoxy) is 2. The molecule has 4 heteroatoms. The minimum Gasteiger partial charge on any atom is -0.395 e. The molecular weight excluding hydrogens is 158 g/mol. The highest BCUT2D eigenvalue weighted by molar-refractivity contribution is 4.77. The molecule has 0 aromatic rings. The first kappa shape index (κ1) is 11.8. The van der Waals surface area contributed by atoms with Crippen molar-refractivity contribution < 1.29 is 14.6 Å². The van der Waals surface area contributed by atoms with Crippen molar-refractivity contribution in [1.29, 1.82) is 0 Å². The molecular formula is C8H19NO3. The second-order valence-electron chi connectivity index (χ2n) is 2.98. The van der Waals surface area contributed by atoms with E-state index in [1.54, 1.807) is 14.2 Å². The van der Waals surface area contributed by atoms with Gasteiger partial charge < -0.3 is 20.3 Å². The maximum Gasteiger partial charge on any atom is 0.0791 e. The zero-order valence-corrected chi connectivity index (χ0v) is 7.99. The lowest BCUT2D eigenvalue weighted by molar-refractivity contribution is -0.00480. The standard InChI is InChI=1S/C8H19NO3/c1-6(5-11-2)8(12-3)7(9)4-10/h6-8,10H,4-5,9H2,1-3H3. The Balaban J connectivity index is 3.94. The van der Waals surface area contributed by atoms with Crippen LogP contribution in [0.15, 0.2) is 0 Å². The molecule has 3 atom stereocenters. The Morgan fingerprint density at radius 2 is 2.00 bits per heavy atom. The van der Waals surface area contributed by atoms with Gasteiger partial charge in [0.1, 0.15) is 0 Å². The zero-order chi connectivity index (χ0) is 9.56. The van der Waals surface area contributed by atoms with E-state index in [1.165, 1.54) is 0 Å². The average Bonchev–Trinajstić information content (AvgIpc) is 2.06. The minimum atomic E-state index is -0.333. The van der Waals surface area contributed by atoms with Crippen molar-refractivity contribution in [1.82, 2.24) is 0 Å². The molecule has 0 fully saturated rings. The third-order valence-electron chi connectivity index (χ3n) is 1.90. The lowest BCUT2D eigenvalue weighted by Crippen LogP contribution is -2.44. The fraction of sp³-hybridized carbons (Fsp3) is 1.00. The van der Waals surface area contributed by atoms with Crippen molar-refractivity contribution in [3.05, 3.63) is 0 Å². The van der Waals surface area contributed by atoms with Crippen LogP contribution in [0.25, 0.3) is 0 Å². The van der Waals surface area contributed by atoms with Crippen molar-refractivity contribution in [2.75, 3.05) is 27.4 Å². The third kappa shape index (κ3) is 3.49. The van der Waals surface area contributed by atoms with Gasteiger partial charge in [-0.2, -0.15) is 0 Å². The van der Waals surface area contributed by atoms with Crippen LogP contribution >= 0.6 is 0 Å². The van der Waals surface area contributed by atoms with E-state index < -0.39 is 0 Å². The second kappa shape index (κ2) is 6.37. The molecule has 0 rings (SSSR count). The maximum absolute atomic E-state index is 8.81. The molecule has 12 heavy (non-hydrogen) atoms. The number of hydrogen-bond donors (Lipinski definition) is 2. The van der Waals surface area contributed by atoms with Crippen molar-refractivity contribution in [3.63, 3.8) is 0 Å². The maximum atomic E-state index is 8.81. The summed E-state index contributed by atoms with van der Waals surface area (Å²) < 4.78 is 10.1. The fourth-order valence-electron chi connectivity index (χ4n) is 1.29. The summed E-state index contributed by atoms with van der Waals surface area (Å²) in [5, 5.41) is 8.81. The Bertz CT molecular complexity index is 110. The smallest absolute Gasteiger partial charge is 0.0791 e. The molecule has 0 aliphatic carbocycles. The van der Waals surface area contributed by atoms with Gasteiger partial charge in [0.05, 0.1) is 25.4 Å². The van der Waals surface area contributed by atoms with Crippen molar-refractivity contribution in [3.8, 4) is 0 Å². The first-order valence-corrected chi connectivity index (χ1v) is 4.05. The van der Waals surface area contributed by atoms with E-state index in [2.05, 4.69) is 0 Å². The molecule has 0 bridgehead atoms. The van der Waals surface area contributed by atoms with Crippen molar-refractivity contribution in [2.45, 2.75) is 19.1 Å². The lowest BCUT2D eigenvalue weighted by Gasteiger charge is -2.26. The van der Waals surface area contributed by atoms with Crippen LogP contribution in [0.4, 0.5) is 0 Å². The number of aliphatic hydroxyl groups excluding tert-OH is 1. The van der Waals surface area contributed by atoms with Gasteiger partial charge >= 0.3 is 0 Å². The van der Waals surface area contributed by atoms with Crippen LogP contribution in [0.2, 0.25) is 0 Å². The molecule has 0 spiro atoms. The quantitative estimate of drug-likeness (QED) is 0.579. The highest BCUT2D eigenvalue weighted by Crippen LogP contribution is 2.09. The summed E-state index contributed by atoms with van der Waals surface area (Å²) in [5.41, 5.74) is 5.63. The lowest BCUT2D eigenvalue weighted by atomic mass is 9.99. The van der Waals surface area contributed by atoms with Gasteiger partial charge in [0.25, 0.3) is 0 Å². The van der Waals surface area contributed by atoms with Gasteiger partial charge in [-0.05, 0) is 0 Å². The Labute approximate surface area is 73.7 Å². The molecule has 0 aliphatic rings. The summed E-state index contributed by atoms with van der Waals surface area (Å²) in [5.74, 6) is 0.196. The van der Waals surface area contributed by atoms with Gasteiger partial charge in [-0.15, -0.1) is 0 Å². The van der Waals surface area contributed by atoms with E-state index in [0.29, 0.717) is 6.61 Å². The molecule has 0 saturated carbocycles. The Morgan fingerprint density at radius 1 is 1.42 bits per heavy atom. The van der Waals surface area contributed by atoms with E-state index in [1.807, 2.05) is 6.92 Å². The second-order valence-corrected chi connectivity index (χ2v) is 2.98. The predicted molar refractivity (Wildman–Crippen MR) is 46.9 cm³/mol. The van der Waals surface area contributed by atoms with Crippen LogP contribution in [0.3, 0.4) is 0 Å². The summed E-state index contributed by atoms with van der Waals surface area (Å²) in [6.07, 6.45) is -0.144. The van der Waals surface area contributed by atoms with Gasteiger partial charge in [-0.3, -0.25) is 0 Å². The molecule has 0 radical (unpaired) electrons. The van der Waals surface area contributed by atoms with Crippen LogP contribution < -0.4 is 5.73 Å². The Morgan fingerprint density at radius 3 is 2.33 bits per heavy atom. The molecule has 0 heterocycles. The number of nitrogens with two attached hydrogens (primary N) is 1. The number of rotatable bonds is 6. The van der Waals surface area contributed by atoms with Gasteiger partial charge in [0.15, 0.2) is 0 Å². The highest BCUT2D eigenvalue weighted by Gasteiger charge is 2.22. The van der Waals surface area contributed by atoms with Crippen LogP contribution in [0, 0.1) is 5.92 Å². The number of aliphatic hydroxyl groups is 1. The Hall–Kier alpha value is -0.160. The van der Waals surface area contributed by atoms with E-state index >= 15 is 0 Å². The summed E-state index contributed by atoms with van der Waals surface area (Å²) in [6.45, 7) is 2.51. The van der Waals surface area contributed by atoms with Gasteiger partial charge in [-0.25, -0.2) is 0 Å². The molecule has 0 amide bonds. The minimum absolute atomic E-state index is 0.0629. The largest absolute Gasteiger partial charge is 0.395 e. The molecule has 3 unspecified atom stereocenters. The first-order chi connectivity index (χ1) is 5.67. The molecule has 0 aliphatic heterocycles. The highest BCUT2D eigenvalue weighted by atomic mass is 16.5. The fourth-order valence-corrected chi connectivity index (χ4v) is 1.29. The van der Waals surface area contributed by atoms with Crippen LogP contribution in [-0.2, 0) is 9.47 Å². The molecule has 0 aromatic carbocycles. The molecule has 4 nitrogen and oxygen atoms in total. The Kier molecular flexibility index (Phi) is 6.28. The normalized spacial score (nSPS) is 18.8. The molecule has 3 N–H and O–H groups in total. The SMILES string of the molecule is COCC(C)C(OC)C(N)CO. The predicted octanol–water partition coefficient (Wildman–Crippen LogP) is -0.396. The van der Waals surface area contributed by atoms with Crippen LogP contribution in [0.5, 0.6) is 0 Å². The van der Waals surface area contributed by atoms with Crippen molar-refractivity contribution in [2.24, 2.45) is 11.7 Å². The van der Waals surface area contributed by atoms with Crippen LogP contribution in [0.1, 0.15) is 6.92 Å². The van der Waals surface area contributed by atoms with E-state index in [4.69, 9.17) is 20.3 Å². The summed E-state index contributed by atoms with van der Waals surface area (Å²) in [4.78, 5) is 0. The van der Waals surface area contributed by atoms with Gasteiger partial charge in [0, 0.05) is 20.1 Å². The topological polar surface area (TPSA) is 64.7 Å². The first-order valence-electron chi connectivity index (χ1n) is 4.05. The zero-order valence-electron chi connectivity index (χ0n) is 7.99. The molecule has 74 valence electrons. The summed E-state index contributed by atoms with van der Waals surface area (Å²) >= 11 is 0. The van der Waals surface area contributed by atoms with Crippen molar-refractivity contribution >= 4 is 0 Å². The van der Waals surface area contributed by atoms with E-state index in [0.717, 1.165) is 0 Å². The van der Waals surface area contributed by atoms with E-state index in [-0.39, 0.29) is 24.7 Å². The average molecular weight is 177 g/mol. The van der Waals surface area contributed by atoms with Crippen LogP contribution in [-0.4, -0.2) is 44.7 Å². The number of methoxy groups -OCH3 is 2. The van der Waals surface area contributed by atoms with E-state index in [9.17, 15) is 0 Å². The molecule has 0 aromatic heterocycles. The summed E-state index contributed by atoms with van der Waals surface area (Å²) in [6, 6.07) is -0.333. The third-order valence-corrected chi connectivity index (χ3v) is 1.90. The van der Waals surface area contributed by atoms with Gasteiger partial charge in [0.2, 0.25) is 0 Å². The number of hydrogen-bond acceptors (Lipinski definition) is 4. The summed E-state index contributed by atoms with van der Waals surface area (Å²) in [7, 11) is 3.22. The molecule has 0 saturated heterocycles. The van der Waals surface area contributed by atoms with Gasteiger partial charge in [-0.1, -0.05) is 6.92 Å².